The van der Waals surface area contributed by atoms with Crippen molar-refractivity contribution in [3.05, 3.63) is 72.3 Å². The lowest BCUT2D eigenvalue weighted by Crippen LogP contribution is -2.62. The number of likely N-dealkylation sites (N-methyl/N-ethyl adjacent to an activating group) is 4. The second-order valence-corrected chi connectivity index (χ2v) is 23.6. The largest absolute Gasteiger partial charge is 0.461 e. The molecule has 1 unspecified atom stereocenters. The van der Waals surface area contributed by atoms with E-state index in [0.29, 0.717) is 33.8 Å². The molecule has 4 aromatic rings. The molecule has 2 aromatic carbocycles. The van der Waals surface area contributed by atoms with E-state index < -0.39 is 153 Å². The van der Waals surface area contributed by atoms with Gasteiger partial charge in [-0.1, -0.05) is 52.0 Å². The molecule has 9 atom stereocenters. The lowest BCUT2D eigenvalue weighted by molar-refractivity contribution is -0.160. The normalized spacial score (nSPS) is 25.3. The summed E-state index contributed by atoms with van der Waals surface area (Å²) in [6, 6.07) is -0.177. The van der Waals surface area contributed by atoms with Gasteiger partial charge in [-0.2, -0.15) is 0 Å². The summed E-state index contributed by atoms with van der Waals surface area (Å²) in [6.45, 7) is 6.92. The van der Waals surface area contributed by atoms with E-state index in [4.69, 9.17) is 9.47 Å². The Morgan fingerprint density at radius 3 is 1.41 bits per heavy atom. The van der Waals surface area contributed by atoms with Crippen LogP contribution in [-0.4, -0.2) is 213 Å². The van der Waals surface area contributed by atoms with Gasteiger partial charge in [0.05, 0.1) is 34.5 Å². The monoisotopic (exact) mass is 1130 g/mol. The number of rotatable bonds is 7. The Morgan fingerprint density at radius 2 is 1.00 bits per heavy atom. The number of hydrogen-bond acceptors (Lipinski definition) is 19. The van der Waals surface area contributed by atoms with Gasteiger partial charge in [0, 0.05) is 40.2 Å². The van der Waals surface area contributed by atoms with E-state index in [2.05, 4.69) is 41.2 Å². The second-order valence-electron chi connectivity index (χ2n) is 19.9. The molecule has 2 aliphatic heterocycles. The minimum absolute atomic E-state index is 0.231. The van der Waals surface area contributed by atoms with Crippen LogP contribution in [0.3, 0.4) is 0 Å². The molecule has 2 aromatic heterocycles. The summed E-state index contributed by atoms with van der Waals surface area (Å²) in [5.74, 6) is -12.6. The molecule has 26 nitrogen and oxygen atoms in total. The van der Waals surface area contributed by atoms with Gasteiger partial charge < -0.3 is 50.3 Å². The maximum absolute atomic E-state index is 15.3. The molecular formula is C51H64N12O14S2. The van der Waals surface area contributed by atoms with Crippen LogP contribution in [0.2, 0.25) is 0 Å². The molecule has 2 fully saturated rings. The molecule has 2 saturated heterocycles. The van der Waals surface area contributed by atoms with E-state index in [9.17, 15) is 46.8 Å². The number of cyclic esters (lactones) is 2. The van der Waals surface area contributed by atoms with Crippen LogP contribution in [0.4, 0.5) is 0 Å². The number of hydrogen-bond donors (Lipinski definition) is 4. The predicted molar refractivity (Wildman–Crippen MR) is 286 cm³/mol. The van der Waals surface area contributed by atoms with Gasteiger partial charge in [-0.15, -0.1) is 11.8 Å². The van der Waals surface area contributed by atoms with E-state index in [-0.39, 0.29) is 11.4 Å². The Labute approximate surface area is 459 Å². The average Bonchev–Trinajstić information content (AvgIpc) is 3.40. The van der Waals surface area contributed by atoms with Crippen molar-refractivity contribution < 1.29 is 65.8 Å². The van der Waals surface area contributed by atoms with Gasteiger partial charge in [-0.25, -0.2) is 28.0 Å². The Balaban J connectivity index is 1.47. The Morgan fingerprint density at radius 1 is 0.608 bits per heavy atom. The number of ether oxygens (including phenoxy) is 2. The number of amides is 8. The van der Waals surface area contributed by atoms with E-state index in [0.717, 1.165) is 52.3 Å². The molecule has 6 rings (SSSR count). The van der Waals surface area contributed by atoms with Crippen molar-refractivity contribution >= 4 is 103 Å². The van der Waals surface area contributed by atoms with E-state index in [1.165, 1.54) is 41.8 Å². The quantitative estimate of drug-likeness (QED) is 0.167. The van der Waals surface area contributed by atoms with Crippen LogP contribution < -0.4 is 21.3 Å². The fourth-order valence-electron chi connectivity index (χ4n) is 9.04. The smallest absolute Gasteiger partial charge is 0.329 e. The van der Waals surface area contributed by atoms with Gasteiger partial charge in [0.15, 0.2) is 9.84 Å². The first-order valence-corrected chi connectivity index (χ1v) is 28.0. The second kappa shape index (κ2) is 25.3. The lowest BCUT2D eigenvalue weighted by atomic mass is 10.0. The van der Waals surface area contributed by atoms with Crippen LogP contribution in [0.5, 0.6) is 0 Å². The molecule has 2 aliphatic rings. The minimum Gasteiger partial charge on any atom is -0.461 e. The van der Waals surface area contributed by atoms with Crippen molar-refractivity contribution in [3.8, 4) is 0 Å². The zero-order chi connectivity index (χ0) is 58.4. The molecule has 0 radical (unpaired) electrons. The molecule has 28 heteroatoms. The van der Waals surface area contributed by atoms with Crippen molar-refractivity contribution in [1.29, 1.82) is 0 Å². The standard InChI is InChI=1S/C51H64N12O14S2/c1-25(2)38-49(72)76-22-36(59-42(65)34-21-53-30-17-13-15-19-32(30)57-34)44(67)55-28(6)46(69)63(10)40-48(71)62(9)39(26(3)4)50(73)77-23-35(58-41(64)33-20-52-29-16-12-14-18-31(29)56-33)43(66)54-27(5)45(68)60(7)37(47(70)61(38)8)24-78-51(40)79(11,74)75/h12-21,25-28,35-40,51H,22-24H2,1-11H3,(H,54,66)(H,55,67)(H,58,64)(H,59,65)/t27-,28-,35-,36-,37-,38-,39-,40+,51?/m0/s1. The van der Waals surface area contributed by atoms with E-state index in [1.807, 2.05) is 0 Å². The van der Waals surface area contributed by atoms with Crippen molar-refractivity contribution in [2.24, 2.45) is 11.8 Å². The van der Waals surface area contributed by atoms with Crippen LogP contribution in [-0.2, 0) is 57.7 Å². The highest BCUT2D eigenvalue weighted by molar-refractivity contribution is 8.13. The molecule has 8 amide bonds. The third-order valence-electron chi connectivity index (χ3n) is 13.3. The number of benzene rings is 2. The Bertz CT molecular complexity index is 3160. The molecule has 79 heavy (non-hydrogen) atoms. The first-order chi connectivity index (χ1) is 37.1. The molecule has 2 bridgehead atoms. The maximum atomic E-state index is 15.3. The number of carbonyl (C=O) groups is 10. The summed E-state index contributed by atoms with van der Waals surface area (Å²) in [4.78, 5) is 165. The van der Waals surface area contributed by atoms with Gasteiger partial charge in [-0.05, 0) is 49.9 Å². The molecular weight excluding hydrogens is 1070 g/mol. The molecule has 424 valence electrons. The molecule has 0 saturated carbocycles. The third kappa shape index (κ3) is 13.9. The number of aromatic nitrogens is 4. The topological polar surface area (TPSA) is 336 Å². The first kappa shape index (κ1) is 60.4. The highest BCUT2D eigenvalue weighted by Gasteiger charge is 2.48. The SMILES string of the molecule is CC(C)[C@H]1C(=O)OC[C@H](NC(=O)c2cnc3ccccc3n2)C(=O)N[C@@H](C)C(=O)N(C)[C@H]2CSC(S(C)(=O)=O)[C@@H](C(=O)N1C)N(C)C(=O)[C@H](C)NC(=O)[C@@H](NC(=O)c1cnc3ccccc3n1)COC(=O)[C@H](C(C)C)N(C)C2=O. The van der Waals surface area contributed by atoms with Crippen molar-refractivity contribution in [3.63, 3.8) is 0 Å². The first-order valence-electron chi connectivity index (χ1n) is 25.0. The van der Waals surface area contributed by atoms with Crippen LogP contribution >= 0.6 is 11.8 Å². The van der Waals surface area contributed by atoms with Crippen LogP contribution in [0.25, 0.3) is 22.1 Å². The number of esters is 2. The van der Waals surface area contributed by atoms with Crippen molar-refractivity contribution in [1.82, 2.24) is 60.8 Å². The number of thioether (sulfide) groups is 1. The number of nitrogens with one attached hydrogen (secondary N) is 4. The summed E-state index contributed by atoms with van der Waals surface area (Å²) < 4.78 is 37.8. The van der Waals surface area contributed by atoms with Gasteiger partial charge in [-0.3, -0.25) is 48.3 Å². The molecule has 4 N–H and O–H groups in total. The summed E-state index contributed by atoms with van der Waals surface area (Å²) in [6.07, 6.45) is 3.10. The molecule has 4 heterocycles. The Kier molecular flexibility index (Phi) is 19.3. The van der Waals surface area contributed by atoms with Crippen molar-refractivity contribution in [2.45, 2.75) is 94.5 Å². The highest BCUT2D eigenvalue weighted by atomic mass is 32.3. The van der Waals surface area contributed by atoms with Crippen LogP contribution in [0.15, 0.2) is 60.9 Å². The number of carbonyl (C=O) groups excluding carboxylic acids is 10. The van der Waals surface area contributed by atoms with Crippen LogP contribution in [0, 0.1) is 11.8 Å². The number of para-hydroxylation sites is 4. The fourth-order valence-corrected chi connectivity index (χ4v) is 12.3. The van der Waals surface area contributed by atoms with E-state index in [1.54, 1.807) is 62.4 Å². The fraction of sp³-hybridized carbons (Fsp3) is 0.490. The van der Waals surface area contributed by atoms with Crippen molar-refractivity contribution in [2.75, 3.05) is 53.4 Å². The summed E-state index contributed by atoms with van der Waals surface area (Å²) >= 11 is 0.489. The zero-order valence-electron chi connectivity index (χ0n) is 45.4. The highest BCUT2D eigenvalue weighted by Crippen LogP contribution is 2.30. The maximum Gasteiger partial charge on any atom is 0.329 e. The third-order valence-corrected chi connectivity index (χ3v) is 17.0. The predicted octanol–water partition coefficient (Wildman–Crippen LogP) is -0.683. The van der Waals surface area contributed by atoms with E-state index >= 15 is 9.59 Å². The van der Waals surface area contributed by atoms with Crippen LogP contribution in [0.1, 0.15) is 62.5 Å². The molecule has 0 spiro atoms. The summed E-state index contributed by atoms with van der Waals surface area (Å²) in [5.41, 5.74) is 1.13. The lowest BCUT2D eigenvalue weighted by Gasteiger charge is -2.39. The Hall–Kier alpha value is -7.88. The number of nitrogens with zero attached hydrogens (tertiary/aromatic N) is 8. The summed E-state index contributed by atoms with van der Waals surface area (Å²) in [5, 5.41) is 9.90. The van der Waals surface area contributed by atoms with Gasteiger partial charge >= 0.3 is 11.9 Å². The van der Waals surface area contributed by atoms with Gasteiger partial charge in [0.1, 0.15) is 77.5 Å². The molecule has 0 aliphatic carbocycles. The number of fused-ring (bicyclic) bond motifs is 6. The zero-order valence-corrected chi connectivity index (χ0v) is 47.0. The summed E-state index contributed by atoms with van der Waals surface area (Å²) in [7, 11) is 0.100. The number of sulfone groups is 1. The van der Waals surface area contributed by atoms with Gasteiger partial charge in [0.25, 0.3) is 11.8 Å². The van der Waals surface area contributed by atoms with Gasteiger partial charge in [0.2, 0.25) is 35.4 Å². The minimum atomic E-state index is -4.56. The average molecular weight is 1130 g/mol.